The normalized spacial score (nSPS) is 13.0. The van der Waals surface area contributed by atoms with Crippen LogP contribution in [-0.4, -0.2) is 39.1 Å². The van der Waals surface area contributed by atoms with E-state index in [-0.39, 0.29) is 11.4 Å². The van der Waals surface area contributed by atoms with Gasteiger partial charge in [0.15, 0.2) is 0 Å². The van der Waals surface area contributed by atoms with E-state index in [1.165, 1.54) is 13.1 Å². The molecule has 6 nitrogen and oxygen atoms in total. The van der Waals surface area contributed by atoms with E-state index >= 15 is 0 Å². The van der Waals surface area contributed by atoms with E-state index in [1.54, 1.807) is 12.1 Å². The van der Waals surface area contributed by atoms with Gasteiger partial charge in [-0.15, -0.1) is 0 Å². The van der Waals surface area contributed by atoms with Crippen LogP contribution < -0.4 is 10.0 Å². The van der Waals surface area contributed by atoms with Crippen LogP contribution in [0.15, 0.2) is 29.2 Å². The number of sulfonamides is 1. The molecule has 1 aromatic carbocycles. The maximum absolute atomic E-state index is 12.0. The Labute approximate surface area is 112 Å². The molecule has 0 bridgehead atoms. The van der Waals surface area contributed by atoms with Crippen LogP contribution in [0.2, 0.25) is 0 Å². The summed E-state index contributed by atoms with van der Waals surface area (Å²) in [7, 11) is -2.35. The van der Waals surface area contributed by atoms with Gasteiger partial charge in [-0.1, -0.05) is 19.1 Å². The van der Waals surface area contributed by atoms with Gasteiger partial charge in [-0.25, -0.2) is 13.1 Å². The predicted molar refractivity (Wildman–Crippen MR) is 71.1 cm³/mol. The second-order valence-corrected chi connectivity index (χ2v) is 5.75. The molecule has 106 valence electrons. The zero-order valence-corrected chi connectivity index (χ0v) is 11.7. The number of nitrogens with one attached hydrogen (secondary N) is 2. The van der Waals surface area contributed by atoms with Gasteiger partial charge in [0.2, 0.25) is 15.9 Å². The third-order valence-electron chi connectivity index (χ3n) is 2.63. The van der Waals surface area contributed by atoms with Crippen molar-refractivity contribution in [3.8, 4) is 0 Å². The molecule has 1 atom stereocenters. The van der Waals surface area contributed by atoms with Crippen LogP contribution in [0.3, 0.4) is 0 Å². The summed E-state index contributed by atoms with van der Waals surface area (Å²) in [6.45, 7) is 1.56. The van der Waals surface area contributed by atoms with E-state index in [1.807, 2.05) is 13.0 Å². The lowest BCUT2D eigenvalue weighted by molar-refractivity contribution is -0.128. The third-order valence-corrected chi connectivity index (χ3v) is 4.05. The average Bonchev–Trinajstić information content (AvgIpc) is 2.43. The molecule has 0 aliphatic heterocycles. The van der Waals surface area contributed by atoms with Gasteiger partial charge >= 0.3 is 0 Å². The Morgan fingerprint density at radius 3 is 2.68 bits per heavy atom. The summed E-state index contributed by atoms with van der Waals surface area (Å²) in [6.07, 6.45) is -0.682. The second kappa shape index (κ2) is 6.65. The summed E-state index contributed by atoms with van der Waals surface area (Å²) in [5.74, 6) is -0.634. The lowest BCUT2D eigenvalue weighted by Gasteiger charge is -2.11. The van der Waals surface area contributed by atoms with Gasteiger partial charge in [0.05, 0.1) is 4.90 Å². The molecule has 1 aromatic rings. The minimum atomic E-state index is -3.72. The largest absolute Gasteiger partial charge is 0.382 e. The van der Waals surface area contributed by atoms with Gasteiger partial charge < -0.3 is 10.4 Å². The Bertz CT molecular complexity index is 542. The van der Waals surface area contributed by atoms with Gasteiger partial charge in [0.25, 0.3) is 0 Å². The number of benzene rings is 1. The first kappa shape index (κ1) is 15.6. The molecule has 0 aromatic heterocycles. The van der Waals surface area contributed by atoms with Gasteiger partial charge in [-0.3, -0.25) is 4.79 Å². The number of rotatable bonds is 6. The smallest absolute Gasteiger partial charge is 0.249 e. The highest BCUT2D eigenvalue weighted by Crippen LogP contribution is 2.11. The SMILES string of the molecule is CCc1cccc(S(=O)(=O)NCC(O)C(=O)NC)c1. The fourth-order valence-corrected chi connectivity index (χ4v) is 2.57. The zero-order chi connectivity index (χ0) is 14.5. The van der Waals surface area contributed by atoms with Crippen LogP contribution in [0.1, 0.15) is 12.5 Å². The molecule has 19 heavy (non-hydrogen) atoms. The van der Waals surface area contributed by atoms with Crippen LogP contribution >= 0.6 is 0 Å². The summed E-state index contributed by atoms with van der Waals surface area (Å²) in [4.78, 5) is 11.2. The number of carbonyl (C=O) groups is 1. The average molecular weight is 286 g/mol. The lowest BCUT2D eigenvalue weighted by atomic mass is 10.2. The lowest BCUT2D eigenvalue weighted by Crippen LogP contribution is -2.41. The number of likely N-dealkylation sites (N-methyl/N-ethyl adjacent to an activating group) is 1. The van der Waals surface area contributed by atoms with Crippen molar-refractivity contribution < 1.29 is 18.3 Å². The molecule has 7 heteroatoms. The maximum Gasteiger partial charge on any atom is 0.249 e. The third kappa shape index (κ3) is 4.30. The molecular weight excluding hydrogens is 268 g/mol. The number of aryl methyl sites for hydroxylation is 1. The summed E-state index contributed by atoms with van der Waals surface area (Å²) in [5.41, 5.74) is 0.898. The predicted octanol–water partition coefficient (Wildman–Crippen LogP) is -0.366. The topological polar surface area (TPSA) is 95.5 Å². The monoisotopic (exact) mass is 286 g/mol. The molecule has 0 radical (unpaired) electrons. The van der Waals surface area contributed by atoms with E-state index in [9.17, 15) is 18.3 Å². The Kier molecular flexibility index (Phi) is 5.46. The fraction of sp³-hybridized carbons (Fsp3) is 0.417. The van der Waals surface area contributed by atoms with Gasteiger partial charge in [0, 0.05) is 13.6 Å². The highest BCUT2D eigenvalue weighted by atomic mass is 32.2. The minimum absolute atomic E-state index is 0.121. The Hall–Kier alpha value is -1.44. The van der Waals surface area contributed by atoms with Crippen molar-refractivity contribution in [2.45, 2.75) is 24.3 Å². The van der Waals surface area contributed by atoms with E-state index < -0.39 is 22.0 Å². The Balaban J connectivity index is 2.78. The van der Waals surface area contributed by atoms with Gasteiger partial charge in [-0.05, 0) is 24.1 Å². The number of aliphatic hydroxyl groups is 1. The van der Waals surface area contributed by atoms with Crippen LogP contribution in [0.25, 0.3) is 0 Å². The fourth-order valence-electron chi connectivity index (χ4n) is 1.46. The van der Waals surface area contributed by atoms with Crippen LogP contribution in [0.4, 0.5) is 0 Å². The highest BCUT2D eigenvalue weighted by molar-refractivity contribution is 7.89. The second-order valence-electron chi connectivity index (χ2n) is 3.98. The van der Waals surface area contributed by atoms with Gasteiger partial charge in [-0.2, -0.15) is 0 Å². The van der Waals surface area contributed by atoms with E-state index in [0.717, 1.165) is 12.0 Å². The molecule has 0 aliphatic rings. The van der Waals surface area contributed by atoms with Crippen LogP contribution in [0, 0.1) is 0 Å². The molecule has 0 heterocycles. The maximum atomic E-state index is 12.0. The first-order valence-electron chi connectivity index (χ1n) is 5.89. The molecule has 1 rings (SSSR count). The zero-order valence-electron chi connectivity index (χ0n) is 10.9. The first-order valence-corrected chi connectivity index (χ1v) is 7.37. The van der Waals surface area contributed by atoms with E-state index in [2.05, 4.69) is 10.0 Å². The standard InChI is InChI=1S/C12H18N2O4S/c1-3-9-5-4-6-10(7-9)19(17,18)14-8-11(15)12(16)13-2/h4-7,11,14-15H,3,8H2,1-2H3,(H,13,16). The molecule has 1 unspecified atom stereocenters. The summed E-state index contributed by atoms with van der Waals surface area (Å²) < 4.78 is 26.1. The quantitative estimate of drug-likeness (QED) is 0.665. The van der Waals surface area contributed by atoms with Crippen molar-refractivity contribution in [3.63, 3.8) is 0 Å². The summed E-state index contributed by atoms with van der Waals surface area (Å²) in [6, 6.07) is 6.52. The molecule has 0 aliphatic carbocycles. The summed E-state index contributed by atoms with van der Waals surface area (Å²) in [5, 5.41) is 11.6. The number of amides is 1. The molecule has 0 spiro atoms. The Morgan fingerprint density at radius 2 is 2.11 bits per heavy atom. The molecule has 0 saturated carbocycles. The van der Waals surface area contributed by atoms with Crippen molar-refractivity contribution in [3.05, 3.63) is 29.8 Å². The van der Waals surface area contributed by atoms with Crippen molar-refractivity contribution in [2.24, 2.45) is 0 Å². The molecule has 0 fully saturated rings. The number of hydrogen-bond acceptors (Lipinski definition) is 4. The van der Waals surface area contributed by atoms with Gasteiger partial charge in [0.1, 0.15) is 6.10 Å². The molecule has 0 saturated heterocycles. The van der Waals surface area contributed by atoms with E-state index in [4.69, 9.17) is 0 Å². The van der Waals surface area contributed by atoms with Crippen molar-refractivity contribution in [2.75, 3.05) is 13.6 Å². The number of carbonyl (C=O) groups excluding carboxylic acids is 1. The van der Waals surface area contributed by atoms with E-state index in [0.29, 0.717) is 0 Å². The number of hydrogen-bond donors (Lipinski definition) is 3. The first-order chi connectivity index (χ1) is 8.90. The molecular formula is C12H18N2O4S. The van der Waals surface area contributed by atoms with Crippen LogP contribution in [0.5, 0.6) is 0 Å². The van der Waals surface area contributed by atoms with Crippen molar-refractivity contribution in [1.82, 2.24) is 10.0 Å². The highest BCUT2D eigenvalue weighted by Gasteiger charge is 2.19. The minimum Gasteiger partial charge on any atom is -0.382 e. The number of aliphatic hydroxyl groups excluding tert-OH is 1. The van der Waals surface area contributed by atoms with Crippen molar-refractivity contribution in [1.29, 1.82) is 0 Å². The molecule has 3 N–H and O–H groups in total. The van der Waals surface area contributed by atoms with Crippen molar-refractivity contribution >= 4 is 15.9 Å². The van der Waals surface area contributed by atoms with Crippen LogP contribution in [-0.2, 0) is 21.2 Å². The molecule has 1 amide bonds. The Morgan fingerprint density at radius 1 is 1.42 bits per heavy atom. The summed E-state index contributed by atoms with van der Waals surface area (Å²) >= 11 is 0.